The van der Waals surface area contributed by atoms with E-state index in [-0.39, 0.29) is 6.61 Å². The van der Waals surface area contributed by atoms with Gasteiger partial charge in [0.15, 0.2) is 12.2 Å². The van der Waals surface area contributed by atoms with E-state index >= 15 is 0 Å². The second-order valence-electron chi connectivity index (χ2n) is 8.66. The first kappa shape index (κ1) is 26.4. The highest BCUT2D eigenvalue weighted by Gasteiger charge is 2.29. The summed E-state index contributed by atoms with van der Waals surface area (Å²) in [5.41, 5.74) is 4.23. The molecule has 0 bridgehead atoms. The van der Waals surface area contributed by atoms with Gasteiger partial charge in [0.05, 0.1) is 6.61 Å². The van der Waals surface area contributed by atoms with Crippen molar-refractivity contribution in [1.29, 1.82) is 0 Å². The van der Waals surface area contributed by atoms with Gasteiger partial charge in [0.2, 0.25) is 0 Å². The van der Waals surface area contributed by atoms with Gasteiger partial charge in [-0.15, -0.1) is 0 Å². The number of rotatable bonds is 8. The first-order chi connectivity index (χ1) is 16.7. The van der Waals surface area contributed by atoms with Gasteiger partial charge in [0.1, 0.15) is 11.3 Å². The number of fused-ring (bicyclic) bond motifs is 1. The molecule has 2 aromatic carbocycles. The second kappa shape index (κ2) is 11.9. The number of hydrogen-bond donors (Lipinski definition) is 5. The molecule has 1 aliphatic heterocycles. The fraction of sp³-hybridized carbons (Fsp3) is 0.385. The van der Waals surface area contributed by atoms with Gasteiger partial charge in [-0.2, -0.15) is 0 Å². The number of benzene rings is 2. The third-order valence-corrected chi connectivity index (χ3v) is 6.18. The summed E-state index contributed by atoms with van der Waals surface area (Å²) < 4.78 is 6.03. The molecular formula is C26H31NO8. The minimum absolute atomic E-state index is 0.0834. The molecule has 0 amide bonds. The lowest BCUT2D eigenvalue weighted by atomic mass is 10.0. The van der Waals surface area contributed by atoms with Gasteiger partial charge in [-0.05, 0) is 61.2 Å². The summed E-state index contributed by atoms with van der Waals surface area (Å²) in [4.78, 5) is 22.1. The average molecular weight is 486 g/mol. The zero-order valence-electron chi connectivity index (χ0n) is 19.5. The van der Waals surface area contributed by atoms with Gasteiger partial charge >= 0.3 is 11.9 Å². The van der Waals surface area contributed by atoms with Gasteiger partial charge in [-0.3, -0.25) is 0 Å². The van der Waals surface area contributed by atoms with E-state index in [9.17, 15) is 14.7 Å². The van der Waals surface area contributed by atoms with E-state index in [0.29, 0.717) is 6.04 Å². The lowest BCUT2D eigenvalue weighted by molar-refractivity contribution is -0.165. The number of carbonyl (C=O) groups is 2. The van der Waals surface area contributed by atoms with Crippen molar-refractivity contribution in [3.63, 3.8) is 0 Å². The zero-order chi connectivity index (χ0) is 25.5. The standard InChI is InChI=1S/C22H25NO2.C4H6O6/c1-16-3-2-11-23(16)12-10-21-14-20-13-19(8-9-22(20)25-21)18-6-4-17(15-24)5-7-18;5-1(3(7)8)2(6)4(9)10/h4-9,13-14,16,24H,2-3,10-12,15H2,1H3;1-2,5-6H,(H,7,8)(H,9,10)/t16-;1-,2-/m11/s1. The van der Waals surface area contributed by atoms with Crippen molar-refractivity contribution in [3.05, 3.63) is 59.9 Å². The van der Waals surface area contributed by atoms with Crippen LogP contribution in [0.2, 0.25) is 0 Å². The molecule has 3 atom stereocenters. The van der Waals surface area contributed by atoms with Crippen LogP contribution in [-0.4, -0.2) is 73.7 Å². The molecule has 9 heteroatoms. The average Bonchev–Trinajstić information content (AvgIpc) is 3.46. The Balaban J connectivity index is 0.000000292. The fourth-order valence-corrected chi connectivity index (χ4v) is 4.05. The van der Waals surface area contributed by atoms with Gasteiger partial charge in [-0.25, -0.2) is 9.59 Å². The van der Waals surface area contributed by atoms with Gasteiger partial charge in [0, 0.05) is 24.4 Å². The Morgan fingerprint density at radius 1 is 1.00 bits per heavy atom. The predicted octanol–water partition coefficient (Wildman–Crippen LogP) is 2.50. The molecule has 1 aromatic heterocycles. The number of aliphatic carboxylic acids is 2. The Labute approximate surface area is 202 Å². The van der Waals surface area contributed by atoms with Crippen LogP contribution >= 0.6 is 0 Å². The molecule has 0 spiro atoms. The number of hydrogen-bond acceptors (Lipinski definition) is 7. The Hall–Kier alpha value is -3.24. The van der Waals surface area contributed by atoms with Crippen molar-refractivity contribution in [1.82, 2.24) is 4.90 Å². The number of aliphatic hydroxyl groups excluding tert-OH is 3. The summed E-state index contributed by atoms with van der Waals surface area (Å²) in [6.07, 6.45) is -0.923. The van der Waals surface area contributed by atoms with Crippen molar-refractivity contribution < 1.29 is 39.5 Å². The van der Waals surface area contributed by atoms with Crippen molar-refractivity contribution in [3.8, 4) is 11.1 Å². The molecule has 0 saturated carbocycles. The maximum absolute atomic E-state index is 9.77. The Kier molecular flexibility index (Phi) is 9.00. The van der Waals surface area contributed by atoms with Crippen LogP contribution < -0.4 is 0 Å². The summed E-state index contributed by atoms with van der Waals surface area (Å²) in [7, 11) is 0. The molecule has 1 saturated heterocycles. The fourth-order valence-electron chi connectivity index (χ4n) is 4.05. The van der Waals surface area contributed by atoms with Crippen LogP contribution in [0.1, 0.15) is 31.1 Å². The van der Waals surface area contributed by atoms with E-state index in [1.54, 1.807) is 0 Å². The Morgan fingerprint density at radius 2 is 1.63 bits per heavy atom. The van der Waals surface area contributed by atoms with Gasteiger partial charge in [0.25, 0.3) is 0 Å². The highest BCUT2D eigenvalue weighted by molar-refractivity contribution is 5.84. The molecule has 3 aromatic rings. The predicted molar refractivity (Wildman–Crippen MR) is 129 cm³/mol. The number of carboxylic acid groups (broad SMARTS) is 2. The molecule has 0 radical (unpaired) electrons. The summed E-state index contributed by atoms with van der Waals surface area (Å²) in [6.45, 7) is 4.70. The summed E-state index contributed by atoms with van der Waals surface area (Å²) in [5.74, 6) is -2.47. The van der Waals surface area contributed by atoms with Crippen LogP contribution in [0.3, 0.4) is 0 Å². The number of likely N-dealkylation sites (tertiary alicyclic amines) is 1. The maximum atomic E-state index is 9.77. The summed E-state index contributed by atoms with van der Waals surface area (Å²) in [5, 5.41) is 42.9. The monoisotopic (exact) mass is 485 g/mol. The Morgan fingerprint density at radius 3 is 2.17 bits per heavy atom. The van der Waals surface area contributed by atoms with E-state index in [0.717, 1.165) is 40.8 Å². The molecule has 1 aliphatic rings. The molecule has 4 rings (SSSR count). The van der Waals surface area contributed by atoms with Crippen molar-refractivity contribution in [2.24, 2.45) is 0 Å². The topological polar surface area (TPSA) is 152 Å². The number of carboxylic acids is 2. The van der Waals surface area contributed by atoms with Crippen molar-refractivity contribution in [2.45, 2.75) is 51.0 Å². The van der Waals surface area contributed by atoms with Crippen LogP contribution in [0.4, 0.5) is 0 Å². The van der Waals surface area contributed by atoms with Crippen LogP contribution in [0.25, 0.3) is 22.1 Å². The second-order valence-corrected chi connectivity index (χ2v) is 8.66. The van der Waals surface area contributed by atoms with Crippen molar-refractivity contribution in [2.75, 3.05) is 13.1 Å². The molecule has 0 aliphatic carbocycles. The first-order valence-electron chi connectivity index (χ1n) is 11.5. The van der Waals surface area contributed by atoms with Crippen molar-refractivity contribution >= 4 is 22.9 Å². The summed E-state index contributed by atoms with van der Waals surface area (Å²) >= 11 is 0. The molecule has 35 heavy (non-hydrogen) atoms. The lowest BCUT2D eigenvalue weighted by Crippen LogP contribution is -2.39. The van der Waals surface area contributed by atoms with E-state index in [1.165, 1.54) is 24.9 Å². The summed E-state index contributed by atoms with van der Waals surface area (Å²) in [6, 6.07) is 17.3. The molecule has 0 unspecified atom stereocenters. The van der Waals surface area contributed by atoms with Crippen LogP contribution in [0.15, 0.2) is 52.9 Å². The number of aliphatic hydroxyl groups is 3. The number of furan rings is 1. The molecule has 9 nitrogen and oxygen atoms in total. The minimum Gasteiger partial charge on any atom is -0.479 e. The van der Waals surface area contributed by atoms with E-state index in [2.05, 4.69) is 48.2 Å². The molecule has 188 valence electrons. The largest absolute Gasteiger partial charge is 0.479 e. The molecule has 2 heterocycles. The molecule has 5 N–H and O–H groups in total. The smallest absolute Gasteiger partial charge is 0.335 e. The third-order valence-electron chi connectivity index (χ3n) is 6.18. The SMILES string of the molecule is C[C@@H]1CCCN1CCc1cc2cc(-c3ccc(CO)cc3)ccc2o1.O=C(O)[C@H](O)[C@@H](O)C(=O)O. The zero-order valence-corrected chi connectivity index (χ0v) is 19.5. The minimum atomic E-state index is -2.27. The number of nitrogens with zero attached hydrogens (tertiary/aromatic N) is 1. The van der Waals surface area contributed by atoms with Crippen LogP contribution in [0.5, 0.6) is 0 Å². The van der Waals surface area contributed by atoms with E-state index in [4.69, 9.17) is 24.8 Å². The highest BCUT2D eigenvalue weighted by Crippen LogP contribution is 2.27. The normalized spacial score (nSPS) is 17.5. The molecular weight excluding hydrogens is 454 g/mol. The van der Waals surface area contributed by atoms with E-state index in [1.807, 2.05) is 12.1 Å². The highest BCUT2D eigenvalue weighted by atomic mass is 16.4. The Bertz CT molecular complexity index is 1120. The quantitative estimate of drug-likeness (QED) is 0.324. The van der Waals surface area contributed by atoms with Crippen LogP contribution in [-0.2, 0) is 22.6 Å². The van der Waals surface area contributed by atoms with Gasteiger partial charge < -0.3 is 34.8 Å². The third kappa shape index (κ3) is 6.89. The van der Waals surface area contributed by atoms with Crippen LogP contribution in [0, 0.1) is 0 Å². The van der Waals surface area contributed by atoms with E-state index < -0.39 is 24.1 Å². The first-order valence-corrected chi connectivity index (χ1v) is 11.5. The molecule has 1 fully saturated rings. The lowest BCUT2D eigenvalue weighted by Gasteiger charge is -2.19. The van der Waals surface area contributed by atoms with Gasteiger partial charge in [-0.1, -0.05) is 30.3 Å². The maximum Gasteiger partial charge on any atom is 0.335 e.